The number of hydrogen-bond donors (Lipinski definition) is 1. The molecule has 2 atom stereocenters. The lowest BCUT2D eigenvalue weighted by atomic mass is 9.79. The van der Waals surface area contributed by atoms with Gasteiger partial charge in [-0.3, -0.25) is 5.32 Å². The first kappa shape index (κ1) is 19.7. The smallest absolute Gasteiger partial charge is 0.118 e. The first-order valence-electron chi connectivity index (χ1n) is 10.7. The largest absolute Gasteiger partial charge is 0.497 e. The van der Waals surface area contributed by atoms with Crippen LogP contribution in [0.15, 0.2) is 72.8 Å². The van der Waals surface area contributed by atoms with Gasteiger partial charge in [0.25, 0.3) is 0 Å². The fourth-order valence-corrected chi connectivity index (χ4v) is 4.88. The van der Waals surface area contributed by atoms with Crippen LogP contribution in [-0.2, 0) is 0 Å². The van der Waals surface area contributed by atoms with E-state index in [-0.39, 0.29) is 12.1 Å². The molecule has 3 heteroatoms. The Hall–Kier alpha value is -3.30. The lowest BCUT2D eigenvalue weighted by molar-refractivity contribution is 0.414. The van der Waals surface area contributed by atoms with Crippen LogP contribution in [0, 0.1) is 13.8 Å². The van der Waals surface area contributed by atoms with Crippen LogP contribution in [0.4, 0.5) is 0 Å². The van der Waals surface area contributed by atoms with Crippen molar-refractivity contribution in [2.24, 2.45) is 0 Å². The van der Waals surface area contributed by atoms with Gasteiger partial charge in [-0.2, -0.15) is 0 Å². The summed E-state index contributed by atoms with van der Waals surface area (Å²) in [5.41, 5.74) is 7.82. The topological polar surface area (TPSA) is 30.5 Å². The maximum atomic E-state index is 5.39. The molecule has 1 aliphatic heterocycles. The second-order valence-electron chi connectivity index (χ2n) is 8.27. The van der Waals surface area contributed by atoms with E-state index in [4.69, 9.17) is 9.47 Å². The van der Waals surface area contributed by atoms with E-state index in [0.29, 0.717) is 0 Å². The molecule has 31 heavy (non-hydrogen) atoms. The second kappa shape index (κ2) is 7.75. The van der Waals surface area contributed by atoms with E-state index in [1.165, 1.54) is 44.2 Å². The van der Waals surface area contributed by atoms with E-state index < -0.39 is 0 Å². The average molecular weight is 410 g/mol. The fourth-order valence-electron chi connectivity index (χ4n) is 4.88. The molecule has 5 rings (SSSR count). The Balaban J connectivity index is 1.76. The Bertz CT molecular complexity index is 1150. The molecular formula is C28H27NO2. The summed E-state index contributed by atoms with van der Waals surface area (Å²) < 4.78 is 10.8. The molecule has 0 saturated carbocycles. The van der Waals surface area contributed by atoms with Crippen LogP contribution in [0.25, 0.3) is 10.8 Å². The molecule has 1 aliphatic rings. The monoisotopic (exact) mass is 409 g/mol. The van der Waals surface area contributed by atoms with Crippen molar-refractivity contribution in [3.05, 3.63) is 106 Å². The zero-order valence-electron chi connectivity index (χ0n) is 18.4. The molecule has 2 unspecified atom stereocenters. The molecule has 0 radical (unpaired) electrons. The first-order chi connectivity index (χ1) is 15.1. The molecule has 156 valence electrons. The maximum absolute atomic E-state index is 5.39. The van der Waals surface area contributed by atoms with Crippen molar-refractivity contribution in [3.63, 3.8) is 0 Å². The lowest BCUT2D eigenvalue weighted by Gasteiger charge is -2.36. The zero-order valence-corrected chi connectivity index (χ0v) is 18.4. The van der Waals surface area contributed by atoms with Crippen molar-refractivity contribution in [1.82, 2.24) is 5.32 Å². The number of rotatable bonds is 4. The molecule has 3 nitrogen and oxygen atoms in total. The number of aryl methyl sites for hydroxylation is 2. The zero-order chi connectivity index (χ0) is 21.5. The number of methoxy groups -OCH3 is 2. The molecule has 4 aromatic carbocycles. The quantitative estimate of drug-likeness (QED) is 0.432. The van der Waals surface area contributed by atoms with E-state index in [9.17, 15) is 0 Å². The van der Waals surface area contributed by atoms with Gasteiger partial charge in [0, 0.05) is 0 Å². The van der Waals surface area contributed by atoms with Crippen LogP contribution in [0.1, 0.15) is 45.5 Å². The molecule has 0 bridgehead atoms. The standard InChI is InChI=1S/C28H27NO2/c1-17-5-7-19-8-6-18(2)25-26(19)24(17)27(20-9-13-22(30-3)14-10-20)29-28(25)21-11-15-23(31-4)16-12-21/h5-16,27-29H,1-4H3. The summed E-state index contributed by atoms with van der Waals surface area (Å²) >= 11 is 0. The molecular weight excluding hydrogens is 382 g/mol. The van der Waals surface area contributed by atoms with Crippen LogP contribution in [0.5, 0.6) is 11.5 Å². The molecule has 0 amide bonds. The van der Waals surface area contributed by atoms with E-state index >= 15 is 0 Å². The SMILES string of the molecule is COc1ccc(C2NC(c3ccc(OC)cc3)c3c(C)ccc4ccc(C)c2c34)cc1. The van der Waals surface area contributed by atoms with Gasteiger partial charge in [-0.1, -0.05) is 48.5 Å². The summed E-state index contributed by atoms with van der Waals surface area (Å²) in [6.07, 6.45) is 0. The number of hydrogen-bond acceptors (Lipinski definition) is 3. The third kappa shape index (κ3) is 3.26. The Kier molecular flexibility index (Phi) is 4.91. The Morgan fingerprint density at radius 1 is 0.581 bits per heavy atom. The number of nitrogens with one attached hydrogen (secondary N) is 1. The molecule has 1 heterocycles. The Morgan fingerprint density at radius 3 is 1.39 bits per heavy atom. The number of ether oxygens (including phenoxy) is 2. The highest BCUT2D eigenvalue weighted by atomic mass is 16.5. The van der Waals surface area contributed by atoms with Crippen LogP contribution in [0.3, 0.4) is 0 Å². The normalized spacial score (nSPS) is 17.5. The molecule has 0 aliphatic carbocycles. The molecule has 1 N–H and O–H groups in total. The van der Waals surface area contributed by atoms with Crippen LogP contribution in [-0.4, -0.2) is 14.2 Å². The minimum absolute atomic E-state index is 0.0935. The summed E-state index contributed by atoms with van der Waals surface area (Å²) in [7, 11) is 3.41. The van der Waals surface area contributed by atoms with Gasteiger partial charge < -0.3 is 9.47 Å². The predicted molar refractivity (Wildman–Crippen MR) is 126 cm³/mol. The van der Waals surface area contributed by atoms with Crippen LogP contribution < -0.4 is 14.8 Å². The first-order valence-corrected chi connectivity index (χ1v) is 10.7. The van der Waals surface area contributed by atoms with Crippen LogP contribution >= 0.6 is 0 Å². The summed E-state index contributed by atoms with van der Waals surface area (Å²) in [4.78, 5) is 0. The minimum atomic E-state index is 0.0935. The summed E-state index contributed by atoms with van der Waals surface area (Å²) in [5, 5.41) is 6.64. The Morgan fingerprint density at radius 2 is 1.00 bits per heavy atom. The molecule has 0 aromatic heterocycles. The van der Waals surface area contributed by atoms with Gasteiger partial charge in [-0.05, 0) is 82.3 Å². The fraction of sp³-hybridized carbons (Fsp3) is 0.214. The van der Waals surface area contributed by atoms with Gasteiger partial charge in [0.05, 0.1) is 26.3 Å². The van der Waals surface area contributed by atoms with Gasteiger partial charge in [0.15, 0.2) is 0 Å². The van der Waals surface area contributed by atoms with Gasteiger partial charge in [0.1, 0.15) is 11.5 Å². The third-order valence-corrected chi connectivity index (χ3v) is 6.51. The predicted octanol–water partition coefficient (Wildman–Crippen LogP) is 6.26. The minimum Gasteiger partial charge on any atom is -0.497 e. The molecule has 4 aromatic rings. The van der Waals surface area contributed by atoms with Crippen molar-refractivity contribution >= 4 is 10.8 Å². The van der Waals surface area contributed by atoms with E-state index in [0.717, 1.165) is 11.5 Å². The van der Waals surface area contributed by atoms with Gasteiger partial charge in [-0.15, -0.1) is 0 Å². The van der Waals surface area contributed by atoms with E-state index in [1.54, 1.807) is 14.2 Å². The highest BCUT2D eigenvalue weighted by Gasteiger charge is 2.32. The van der Waals surface area contributed by atoms with E-state index in [2.05, 4.69) is 67.7 Å². The molecule has 0 fully saturated rings. The highest BCUT2D eigenvalue weighted by molar-refractivity contribution is 5.93. The summed E-state index contributed by atoms with van der Waals surface area (Å²) in [6, 6.07) is 26.0. The van der Waals surface area contributed by atoms with Crippen molar-refractivity contribution in [2.45, 2.75) is 25.9 Å². The molecule has 0 saturated heterocycles. The number of benzene rings is 4. The van der Waals surface area contributed by atoms with E-state index in [1.807, 2.05) is 24.3 Å². The second-order valence-corrected chi connectivity index (χ2v) is 8.27. The Labute approximate surface area is 183 Å². The van der Waals surface area contributed by atoms with Gasteiger partial charge in [-0.25, -0.2) is 0 Å². The highest BCUT2D eigenvalue weighted by Crippen LogP contribution is 2.44. The van der Waals surface area contributed by atoms with Crippen molar-refractivity contribution in [1.29, 1.82) is 0 Å². The van der Waals surface area contributed by atoms with Gasteiger partial charge in [0.2, 0.25) is 0 Å². The van der Waals surface area contributed by atoms with Crippen molar-refractivity contribution in [3.8, 4) is 11.5 Å². The van der Waals surface area contributed by atoms with Crippen LogP contribution in [0.2, 0.25) is 0 Å². The maximum Gasteiger partial charge on any atom is 0.118 e. The summed E-state index contributed by atoms with van der Waals surface area (Å²) in [5.74, 6) is 1.75. The molecule has 0 spiro atoms. The van der Waals surface area contributed by atoms with Crippen molar-refractivity contribution in [2.75, 3.05) is 14.2 Å². The third-order valence-electron chi connectivity index (χ3n) is 6.51. The van der Waals surface area contributed by atoms with Gasteiger partial charge >= 0.3 is 0 Å². The average Bonchev–Trinajstić information content (AvgIpc) is 2.82. The summed E-state index contributed by atoms with van der Waals surface area (Å²) in [6.45, 7) is 4.43. The lowest BCUT2D eigenvalue weighted by Crippen LogP contribution is -2.33. The van der Waals surface area contributed by atoms with Crippen molar-refractivity contribution < 1.29 is 9.47 Å².